The number of carbonyl (C=O) groups excluding carboxylic acids is 2. The summed E-state index contributed by atoms with van der Waals surface area (Å²) in [5, 5.41) is 12.3. The Kier molecular flexibility index (Phi) is 8.53. The third-order valence-corrected chi connectivity index (χ3v) is 5.88. The van der Waals surface area contributed by atoms with Gasteiger partial charge in [0.25, 0.3) is 11.9 Å². The smallest absolute Gasteiger partial charge is 0.324 e. The first-order valence-electron chi connectivity index (χ1n) is 11.1. The van der Waals surface area contributed by atoms with Crippen molar-refractivity contribution in [1.82, 2.24) is 19.8 Å². The van der Waals surface area contributed by atoms with Gasteiger partial charge in [-0.2, -0.15) is 4.98 Å². The van der Waals surface area contributed by atoms with Crippen LogP contribution in [0.2, 0.25) is 5.02 Å². The summed E-state index contributed by atoms with van der Waals surface area (Å²) in [6.07, 6.45) is 5.68. The highest BCUT2D eigenvalue weighted by molar-refractivity contribution is 6.30. The Morgan fingerprint density at radius 1 is 1.25 bits per heavy atom. The Morgan fingerprint density at radius 3 is 2.56 bits per heavy atom. The van der Waals surface area contributed by atoms with Crippen molar-refractivity contribution in [3.05, 3.63) is 46.2 Å². The van der Waals surface area contributed by atoms with Gasteiger partial charge >= 0.3 is 6.03 Å². The summed E-state index contributed by atoms with van der Waals surface area (Å²) in [6, 6.07) is 7.21. The predicted octanol–water partition coefficient (Wildman–Crippen LogP) is 3.77. The summed E-state index contributed by atoms with van der Waals surface area (Å²) in [5.74, 6) is -0.477. The first kappa shape index (κ1) is 24.1. The zero-order valence-electron chi connectivity index (χ0n) is 18.6. The number of hydrogen-bond donors (Lipinski definition) is 2. The summed E-state index contributed by atoms with van der Waals surface area (Å²) >= 11 is 6.03. The van der Waals surface area contributed by atoms with Crippen LogP contribution in [0.5, 0.6) is 6.01 Å². The molecule has 9 heteroatoms. The van der Waals surface area contributed by atoms with Crippen molar-refractivity contribution >= 4 is 23.5 Å². The number of nitrogens with one attached hydrogen (secondary N) is 1. The number of aliphatic hydroxyl groups excluding tert-OH is 1. The molecule has 3 rings (SSSR count). The van der Waals surface area contributed by atoms with E-state index in [1.54, 1.807) is 23.6 Å². The fourth-order valence-electron chi connectivity index (χ4n) is 3.95. The third-order valence-electron chi connectivity index (χ3n) is 5.63. The molecule has 174 valence electrons. The van der Waals surface area contributed by atoms with Crippen LogP contribution in [0, 0.1) is 6.92 Å². The van der Waals surface area contributed by atoms with Gasteiger partial charge in [-0.1, -0.05) is 30.2 Å². The van der Waals surface area contributed by atoms with Gasteiger partial charge in [-0.3, -0.25) is 14.3 Å². The standard InChI is InChI=1S/C23H31ClN4O4/c1-16-20(21(30)27(13-6-14-29)22(31)25-2)28(15-17-9-11-18(24)12-10-17)23(26-16)32-19-7-4-3-5-8-19/h9-12,19,29H,3-8,13-15H2,1-2H3,(H,25,31). The number of rotatable bonds is 8. The van der Waals surface area contributed by atoms with E-state index in [9.17, 15) is 14.7 Å². The van der Waals surface area contributed by atoms with Crippen molar-refractivity contribution in [3.8, 4) is 6.01 Å². The minimum absolute atomic E-state index is 0.0573. The monoisotopic (exact) mass is 462 g/mol. The molecule has 1 heterocycles. The van der Waals surface area contributed by atoms with Crippen molar-refractivity contribution in [2.45, 2.75) is 58.1 Å². The fourth-order valence-corrected chi connectivity index (χ4v) is 4.07. The molecular formula is C23H31ClN4O4. The second kappa shape index (κ2) is 11.3. The van der Waals surface area contributed by atoms with Gasteiger partial charge in [0.15, 0.2) is 0 Å². The van der Waals surface area contributed by atoms with E-state index in [-0.39, 0.29) is 25.7 Å². The van der Waals surface area contributed by atoms with Crippen LogP contribution in [0.25, 0.3) is 0 Å². The van der Waals surface area contributed by atoms with E-state index in [4.69, 9.17) is 16.3 Å². The van der Waals surface area contributed by atoms with Gasteiger partial charge in [0.05, 0.1) is 12.2 Å². The summed E-state index contributed by atoms with van der Waals surface area (Å²) in [6.45, 7) is 2.06. The molecule has 8 nitrogen and oxygen atoms in total. The van der Waals surface area contributed by atoms with Crippen LogP contribution in [-0.4, -0.2) is 57.8 Å². The number of imidazole rings is 1. The molecule has 32 heavy (non-hydrogen) atoms. The molecule has 1 aliphatic carbocycles. The van der Waals surface area contributed by atoms with Crippen molar-refractivity contribution in [2.24, 2.45) is 0 Å². The van der Waals surface area contributed by atoms with E-state index >= 15 is 0 Å². The maximum Gasteiger partial charge on any atom is 0.324 e. The van der Waals surface area contributed by atoms with Gasteiger partial charge in [0.1, 0.15) is 11.8 Å². The van der Waals surface area contributed by atoms with E-state index in [0.29, 0.717) is 29.0 Å². The Bertz CT molecular complexity index is 923. The molecule has 1 aliphatic rings. The number of aromatic nitrogens is 2. The molecule has 1 saturated carbocycles. The molecule has 1 aromatic heterocycles. The van der Waals surface area contributed by atoms with Gasteiger partial charge in [0, 0.05) is 25.2 Å². The number of urea groups is 1. The molecule has 1 aromatic carbocycles. The van der Waals surface area contributed by atoms with Crippen molar-refractivity contribution in [1.29, 1.82) is 0 Å². The van der Waals surface area contributed by atoms with Crippen LogP contribution in [0.4, 0.5) is 4.79 Å². The normalized spacial score (nSPS) is 14.2. The number of aliphatic hydroxyl groups is 1. The fraction of sp³-hybridized carbons (Fsp3) is 0.522. The number of ether oxygens (including phenoxy) is 1. The van der Waals surface area contributed by atoms with Crippen LogP contribution in [0.1, 0.15) is 60.3 Å². The quantitative estimate of drug-likeness (QED) is 0.622. The Hall–Kier alpha value is -2.58. The van der Waals surface area contributed by atoms with E-state index in [2.05, 4.69) is 10.3 Å². The number of aryl methyl sites for hydroxylation is 1. The molecule has 0 saturated heterocycles. The molecule has 0 radical (unpaired) electrons. The highest BCUT2D eigenvalue weighted by atomic mass is 35.5. The van der Waals surface area contributed by atoms with Gasteiger partial charge in [-0.25, -0.2) is 4.79 Å². The average Bonchev–Trinajstić information content (AvgIpc) is 3.10. The van der Waals surface area contributed by atoms with E-state index < -0.39 is 11.9 Å². The summed E-state index contributed by atoms with van der Waals surface area (Å²) in [4.78, 5) is 31.6. The summed E-state index contributed by atoms with van der Waals surface area (Å²) < 4.78 is 8.00. The number of imide groups is 1. The predicted molar refractivity (Wildman–Crippen MR) is 122 cm³/mol. The Balaban J connectivity index is 1.99. The number of carbonyl (C=O) groups is 2. The molecule has 1 fully saturated rings. The average molecular weight is 463 g/mol. The zero-order valence-corrected chi connectivity index (χ0v) is 19.4. The molecule has 0 aliphatic heterocycles. The van der Waals surface area contributed by atoms with Gasteiger partial charge in [0.2, 0.25) is 0 Å². The first-order chi connectivity index (χ1) is 15.4. The highest BCUT2D eigenvalue weighted by Crippen LogP contribution is 2.27. The summed E-state index contributed by atoms with van der Waals surface area (Å²) in [7, 11) is 1.47. The van der Waals surface area contributed by atoms with E-state index in [0.717, 1.165) is 36.1 Å². The van der Waals surface area contributed by atoms with Crippen LogP contribution in [-0.2, 0) is 6.54 Å². The molecule has 0 spiro atoms. The van der Waals surface area contributed by atoms with Crippen molar-refractivity contribution in [2.75, 3.05) is 20.2 Å². The maximum absolute atomic E-state index is 13.5. The van der Waals surface area contributed by atoms with Crippen LogP contribution < -0.4 is 10.1 Å². The lowest BCUT2D eigenvalue weighted by atomic mass is 9.98. The largest absolute Gasteiger partial charge is 0.461 e. The van der Waals surface area contributed by atoms with Gasteiger partial charge < -0.3 is 15.2 Å². The minimum atomic E-state index is -0.531. The number of amides is 3. The van der Waals surface area contributed by atoms with E-state index in [1.807, 2.05) is 12.1 Å². The lowest BCUT2D eigenvalue weighted by Crippen LogP contribution is -2.44. The minimum Gasteiger partial charge on any atom is -0.461 e. The molecule has 0 unspecified atom stereocenters. The third kappa shape index (κ3) is 5.81. The lowest BCUT2D eigenvalue weighted by Gasteiger charge is -2.24. The Labute approximate surface area is 193 Å². The topological polar surface area (TPSA) is 96.7 Å². The zero-order chi connectivity index (χ0) is 23.1. The molecular weight excluding hydrogens is 432 g/mol. The molecule has 0 bridgehead atoms. The second-order valence-electron chi connectivity index (χ2n) is 8.01. The maximum atomic E-state index is 13.5. The van der Waals surface area contributed by atoms with E-state index in [1.165, 1.54) is 13.5 Å². The Morgan fingerprint density at radius 2 is 1.94 bits per heavy atom. The van der Waals surface area contributed by atoms with Crippen LogP contribution in [0.3, 0.4) is 0 Å². The first-order valence-corrected chi connectivity index (χ1v) is 11.4. The number of benzene rings is 1. The lowest BCUT2D eigenvalue weighted by molar-refractivity contribution is 0.0778. The SMILES string of the molecule is CNC(=O)N(CCCO)C(=O)c1c(C)nc(OC2CCCCC2)n1Cc1ccc(Cl)cc1. The highest BCUT2D eigenvalue weighted by Gasteiger charge is 2.30. The molecule has 3 amide bonds. The van der Waals surface area contributed by atoms with Crippen LogP contribution >= 0.6 is 11.6 Å². The molecule has 0 atom stereocenters. The number of hydrogen-bond acceptors (Lipinski definition) is 5. The van der Waals surface area contributed by atoms with Gasteiger partial charge in [-0.05, 0) is 56.7 Å². The van der Waals surface area contributed by atoms with Crippen molar-refractivity contribution < 1.29 is 19.4 Å². The van der Waals surface area contributed by atoms with Crippen LogP contribution in [0.15, 0.2) is 24.3 Å². The molecule has 2 aromatic rings. The second-order valence-corrected chi connectivity index (χ2v) is 8.44. The van der Waals surface area contributed by atoms with Gasteiger partial charge in [-0.15, -0.1) is 0 Å². The molecule has 2 N–H and O–H groups in total. The summed E-state index contributed by atoms with van der Waals surface area (Å²) in [5.41, 5.74) is 1.72. The number of nitrogens with zero attached hydrogens (tertiary/aromatic N) is 3. The number of halogens is 1. The van der Waals surface area contributed by atoms with Crippen molar-refractivity contribution in [3.63, 3.8) is 0 Å².